The maximum atomic E-state index is 12.5. The van der Waals surface area contributed by atoms with Crippen LogP contribution in [0.2, 0.25) is 0 Å². The first-order chi connectivity index (χ1) is 11.8. The average Bonchev–Trinajstić information content (AvgIpc) is 2.55. The molecule has 1 aliphatic heterocycles. The minimum atomic E-state index is -0.753. The van der Waals surface area contributed by atoms with E-state index in [0.29, 0.717) is 19.4 Å². The van der Waals surface area contributed by atoms with Gasteiger partial charge < -0.3 is 14.3 Å². The summed E-state index contributed by atoms with van der Waals surface area (Å²) in [5.41, 5.74) is 2.28. The third-order valence-electron chi connectivity index (χ3n) is 3.61. The molecule has 1 rings (SSSR count). The Balaban J connectivity index is 2.72. The third kappa shape index (κ3) is 7.71. The highest BCUT2D eigenvalue weighted by atomic mass is 16.6. The van der Waals surface area contributed by atoms with Gasteiger partial charge in [-0.3, -0.25) is 4.90 Å². The second-order valence-corrected chi connectivity index (χ2v) is 7.01. The van der Waals surface area contributed by atoms with Gasteiger partial charge in [0, 0.05) is 6.54 Å². The van der Waals surface area contributed by atoms with Gasteiger partial charge in [0.1, 0.15) is 17.7 Å². The Labute approximate surface area is 149 Å². The van der Waals surface area contributed by atoms with Gasteiger partial charge in [-0.1, -0.05) is 13.3 Å². The van der Waals surface area contributed by atoms with E-state index in [1.54, 1.807) is 26.8 Å². The first-order valence-corrected chi connectivity index (χ1v) is 8.69. The third-order valence-corrected chi connectivity index (χ3v) is 3.61. The molecule has 0 unspecified atom stereocenters. The van der Waals surface area contributed by atoms with Crippen molar-refractivity contribution in [2.75, 3.05) is 19.8 Å². The highest BCUT2D eigenvalue weighted by molar-refractivity contribution is 5.82. The minimum Gasteiger partial charge on any atom is -0.449 e. The molecule has 8 nitrogen and oxygen atoms in total. The van der Waals surface area contributed by atoms with Crippen molar-refractivity contribution >= 4 is 12.1 Å². The normalized spacial score (nSPS) is 20.7. The molecule has 25 heavy (non-hydrogen) atoms. The molecule has 1 fully saturated rings. The van der Waals surface area contributed by atoms with E-state index >= 15 is 0 Å². The molecule has 0 aromatic carbocycles. The van der Waals surface area contributed by atoms with Crippen LogP contribution < -0.4 is 5.48 Å². The number of amides is 1. The molecule has 1 heterocycles. The number of hydrogen-bond donors (Lipinski definition) is 1. The monoisotopic (exact) mass is 355 g/mol. The molecule has 1 N–H and O–H groups in total. The van der Waals surface area contributed by atoms with E-state index in [1.807, 2.05) is 0 Å². The SMILES string of the molecule is CCCCON[C@@H]1CC[C@@H](C(=O)OCC#N)N(C(=O)OC(C)(C)C)C1. The van der Waals surface area contributed by atoms with Crippen LogP contribution in [0.15, 0.2) is 0 Å². The summed E-state index contributed by atoms with van der Waals surface area (Å²) in [6, 6.07) is 0.912. The highest BCUT2D eigenvalue weighted by Gasteiger charge is 2.39. The molecule has 0 radical (unpaired) electrons. The number of unbranched alkanes of at least 4 members (excludes halogenated alkanes) is 1. The second kappa shape index (κ2) is 10.2. The van der Waals surface area contributed by atoms with Crippen molar-refractivity contribution in [3.05, 3.63) is 0 Å². The largest absolute Gasteiger partial charge is 0.449 e. The number of hydroxylamine groups is 1. The van der Waals surface area contributed by atoms with Crippen LogP contribution in [-0.2, 0) is 19.1 Å². The first-order valence-electron chi connectivity index (χ1n) is 8.69. The van der Waals surface area contributed by atoms with Crippen molar-refractivity contribution in [1.82, 2.24) is 10.4 Å². The van der Waals surface area contributed by atoms with E-state index in [4.69, 9.17) is 19.6 Å². The fraction of sp³-hybridized carbons (Fsp3) is 0.824. The molecule has 1 saturated heterocycles. The molecule has 142 valence electrons. The van der Waals surface area contributed by atoms with Gasteiger partial charge in [-0.05, 0) is 40.0 Å². The lowest BCUT2D eigenvalue weighted by Gasteiger charge is -2.38. The average molecular weight is 355 g/mol. The Kier molecular flexibility index (Phi) is 8.66. The summed E-state index contributed by atoms with van der Waals surface area (Å²) in [4.78, 5) is 31.4. The van der Waals surface area contributed by atoms with E-state index in [2.05, 4.69) is 12.4 Å². The molecule has 0 bridgehead atoms. The summed E-state index contributed by atoms with van der Waals surface area (Å²) < 4.78 is 10.3. The van der Waals surface area contributed by atoms with Crippen LogP contribution in [0.5, 0.6) is 0 Å². The lowest BCUT2D eigenvalue weighted by atomic mass is 9.99. The Hall–Kier alpha value is -1.85. The van der Waals surface area contributed by atoms with Crippen LogP contribution in [0, 0.1) is 11.3 Å². The van der Waals surface area contributed by atoms with Gasteiger partial charge in [-0.15, -0.1) is 0 Å². The standard InChI is InChI=1S/C17H29N3O5/c1-5-6-10-24-19-13-7-8-14(15(21)23-11-9-18)20(12-13)16(22)25-17(2,3)4/h13-14,19H,5-8,10-12H2,1-4H3/t13-,14+/m1/s1. The summed E-state index contributed by atoms with van der Waals surface area (Å²) in [6.45, 7) is 7.90. The molecule has 0 saturated carbocycles. The van der Waals surface area contributed by atoms with Gasteiger partial charge in [0.05, 0.1) is 12.6 Å². The first kappa shape index (κ1) is 21.2. The van der Waals surface area contributed by atoms with Crippen molar-refractivity contribution in [2.24, 2.45) is 0 Å². The predicted octanol–water partition coefficient (Wildman–Crippen LogP) is 2.14. The van der Waals surface area contributed by atoms with Crippen molar-refractivity contribution in [3.63, 3.8) is 0 Å². The molecule has 1 amide bonds. The molecule has 8 heteroatoms. The summed E-state index contributed by atoms with van der Waals surface area (Å²) >= 11 is 0. The summed E-state index contributed by atoms with van der Waals surface area (Å²) in [5.74, 6) is -0.585. The van der Waals surface area contributed by atoms with E-state index in [9.17, 15) is 9.59 Å². The Morgan fingerprint density at radius 3 is 2.64 bits per heavy atom. The van der Waals surface area contributed by atoms with Crippen LogP contribution in [0.3, 0.4) is 0 Å². The highest BCUT2D eigenvalue weighted by Crippen LogP contribution is 2.22. The van der Waals surface area contributed by atoms with Gasteiger partial charge in [0.15, 0.2) is 6.61 Å². The molecule has 0 aromatic rings. The number of ether oxygens (including phenoxy) is 2. The molecule has 2 atom stereocenters. The minimum absolute atomic E-state index is 0.0932. The zero-order valence-electron chi connectivity index (χ0n) is 15.5. The molecular weight excluding hydrogens is 326 g/mol. The van der Waals surface area contributed by atoms with E-state index < -0.39 is 23.7 Å². The molecule has 0 aliphatic carbocycles. The number of esters is 1. The smallest absolute Gasteiger partial charge is 0.411 e. The predicted molar refractivity (Wildman–Crippen MR) is 90.3 cm³/mol. The summed E-state index contributed by atoms with van der Waals surface area (Å²) in [5, 5.41) is 8.57. The van der Waals surface area contributed by atoms with Crippen LogP contribution in [0.25, 0.3) is 0 Å². The van der Waals surface area contributed by atoms with Crippen molar-refractivity contribution < 1.29 is 23.9 Å². The van der Waals surface area contributed by atoms with Crippen molar-refractivity contribution in [1.29, 1.82) is 5.26 Å². The zero-order valence-corrected chi connectivity index (χ0v) is 15.5. The van der Waals surface area contributed by atoms with Gasteiger partial charge in [0.25, 0.3) is 0 Å². The fourth-order valence-corrected chi connectivity index (χ4v) is 2.43. The maximum absolute atomic E-state index is 12.5. The van der Waals surface area contributed by atoms with E-state index in [1.165, 1.54) is 4.90 Å². The van der Waals surface area contributed by atoms with E-state index in [-0.39, 0.29) is 19.2 Å². The van der Waals surface area contributed by atoms with Crippen LogP contribution >= 0.6 is 0 Å². The van der Waals surface area contributed by atoms with Gasteiger partial charge in [-0.2, -0.15) is 10.7 Å². The number of likely N-dealkylation sites (tertiary alicyclic amines) is 1. The van der Waals surface area contributed by atoms with Gasteiger partial charge in [-0.25, -0.2) is 9.59 Å². The van der Waals surface area contributed by atoms with Gasteiger partial charge >= 0.3 is 12.1 Å². The summed E-state index contributed by atoms with van der Waals surface area (Å²) in [6.07, 6.45) is 2.46. The zero-order chi connectivity index (χ0) is 18.9. The number of nitrogens with one attached hydrogen (secondary N) is 1. The lowest BCUT2D eigenvalue weighted by Crippen LogP contribution is -2.56. The number of nitrogens with zero attached hydrogens (tertiary/aromatic N) is 2. The van der Waals surface area contributed by atoms with Crippen molar-refractivity contribution in [3.8, 4) is 6.07 Å². The quantitative estimate of drug-likeness (QED) is 0.424. The lowest BCUT2D eigenvalue weighted by molar-refractivity contribution is -0.150. The van der Waals surface area contributed by atoms with Crippen LogP contribution in [-0.4, -0.2) is 54.4 Å². The number of hydrogen-bond acceptors (Lipinski definition) is 7. The molecule has 1 aliphatic rings. The molecule has 0 aromatic heterocycles. The molecular formula is C17H29N3O5. The number of nitriles is 1. The number of piperidine rings is 1. The van der Waals surface area contributed by atoms with Crippen molar-refractivity contribution in [2.45, 2.75) is 71.1 Å². The number of rotatable bonds is 7. The topological polar surface area (TPSA) is 101 Å². The number of carbonyl (C=O) groups is 2. The Morgan fingerprint density at radius 2 is 2.04 bits per heavy atom. The number of carbonyl (C=O) groups excluding carboxylic acids is 2. The maximum Gasteiger partial charge on any atom is 0.411 e. The van der Waals surface area contributed by atoms with Crippen LogP contribution in [0.4, 0.5) is 4.79 Å². The van der Waals surface area contributed by atoms with E-state index in [0.717, 1.165) is 12.8 Å². The van der Waals surface area contributed by atoms with Gasteiger partial charge in [0.2, 0.25) is 0 Å². The van der Waals surface area contributed by atoms with Crippen LogP contribution in [0.1, 0.15) is 53.4 Å². The second-order valence-electron chi connectivity index (χ2n) is 7.01. The fourth-order valence-electron chi connectivity index (χ4n) is 2.43. The molecule has 0 spiro atoms. The Morgan fingerprint density at radius 1 is 1.32 bits per heavy atom. The Bertz CT molecular complexity index is 484. The summed E-state index contributed by atoms with van der Waals surface area (Å²) in [7, 11) is 0.